The van der Waals surface area contributed by atoms with Gasteiger partial charge in [0.15, 0.2) is 0 Å². The molecule has 2 atom stereocenters. The number of hydrogen-bond donors (Lipinski definition) is 2. The Balaban J connectivity index is 2.99. The third-order valence-corrected chi connectivity index (χ3v) is 5.10. The Bertz CT molecular complexity index is 405. The van der Waals surface area contributed by atoms with Crippen molar-refractivity contribution in [2.75, 3.05) is 19.6 Å². The van der Waals surface area contributed by atoms with Crippen LogP contribution in [0.2, 0.25) is 0 Å². The van der Waals surface area contributed by atoms with E-state index in [-0.39, 0.29) is 13.0 Å². The van der Waals surface area contributed by atoms with Crippen molar-refractivity contribution in [1.29, 1.82) is 0 Å². The molecule has 1 heterocycles. The first-order chi connectivity index (χ1) is 8.84. The van der Waals surface area contributed by atoms with Crippen LogP contribution in [0.4, 0.5) is 0 Å². The molecule has 0 amide bonds. The topological polar surface area (TPSA) is 98.2 Å². The number of carboxylic acids is 1. The molecule has 0 aliphatic carbocycles. The third kappa shape index (κ3) is 3.65. The van der Waals surface area contributed by atoms with E-state index in [9.17, 15) is 18.3 Å². The maximum absolute atomic E-state index is 12.5. The van der Waals surface area contributed by atoms with Gasteiger partial charge in [-0.3, -0.25) is 4.79 Å². The Labute approximate surface area is 114 Å². The van der Waals surface area contributed by atoms with Gasteiger partial charge in [0.1, 0.15) is 6.04 Å². The van der Waals surface area contributed by atoms with Gasteiger partial charge in [-0.25, -0.2) is 0 Å². The Morgan fingerprint density at radius 2 is 1.84 bits per heavy atom. The van der Waals surface area contributed by atoms with Gasteiger partial charge in [-0.2, -0.15) is 17.0 Å². The van der Waals surface area contributed by atoms with Gasteiger partial charge in [0.05, 0.1) is 6.10 Å². The minimum absolute atomic E-state index is 0.0549. The first-order valence-corrected chi connectivity index (χ1v) is 7.92. The quantitative estimate of drug-likeness (QED) is 0.682. The summed E-state index contributed by atoms with van der Waals surface area (Å²) in [4.78, 5) is 11.1. The summed E-state index contributed by atoms with van der Waals surface area (Å²) in [6.45, 7) is 4.30. The van der Waals surface area contributed by atoms with E-state index >= 15 is 0 Å². The molecule has 1 unspecified atom stereocenters. The summed E-state index contributed by atoms with van der Waals surface area (Å²) in [5.41, 5.74) is 0. The molecule has 1 fully saturated rings. The first-order valence-electron chi connectivity index (χ1n) is 6.52. The lowest BCUT2D eigenvalue weighted by Crippen LogP contribution is -2.49. The van der Waals surface area contributed by atoms with Crippen molar-refractivity contribution in [3.05, 3.63) is 0 Å². The molecule has 0 aromatic carbocycles. The molecule has 1 saturated heterocycles. The average Bonchev–Trinajstić information content (AvgIpc) is 2.72. The lowest BCUT2D eigenvalue weighted by atomic mass is 10.2. The minimum atomic E-state index is -3.83. The number of aliphatic carboxylic acids is 1. The van der Waals surface area contributed by atoms with E-state index in [4.69, 9.17) is 5.11 Å². The number of carbonyl (C=O) groups is 1. The number of rotatable bonds is 7. The molecule has 7 nitrogen and oxygen atoms in total. The van der Waals surface area contributed by atoms with E-state index in [0.717, 1.165) is 4.31 Å². The highest BCUT2D eigenvalue weighted by Gasteiger charge is 2.44. The third-order valence-electron chi connectivity index (χ3n) is 3.09. The molecule has 1 rings (SSSR count). The van der Waals surface area contributed by atoms with Crippen molar-refractivity contribution in [2.24, 2.45) is 0 Å². The summed E-state index contributed by atoms with van der Waals surface area (Å²) >= 11 is 0. The number of carboxylic acid groups (broad SMARTS) is 1. The molecule has 2 N–H and O–H groups in total. The molecule has 112 valence electrons. The summed E-state index contributed by atoms with van der Waals surface area (Å²) in [6, 6.07) is -1.17. The number of aliphatic hydroxyl groups is 1. The Kier molecular flexibility index (Phi) is 5.72. The van der Waals surface area contributed by atoms with Crippen LogP contribution in [-0.2, 0) is 15.0 Å². The van der Waals surface area contributed by atoms with Gasteiger partial charge >= 0.3 is 5.97 Å². The smallest absolute Gasteiger partial charge is 0.322 e. The molecule has 19 heavy (non-hydrogen) atoms. The fraction of sp³-hybridized carbons (Fsp3) is 0.909. The van der Waals surface area contributed by atoms with Crippen molar-refractivity contribution < 1.29 is 23.4 Å². The molecule has 0 radical (unpaired) electrons. The maximum atomic E-state index is 12.5. The molecule has 1 aliphatic rings. The molecule has 0 aromatic heterocycles. The largest absolute Gasteiger partial charge is 0.480 e. The fourth-order valence-electron chi connectivity index (χ4n) is 2.25. The summed E-state index contributed by atoms with van der Waals surface area (Å²) in [6.07, 6.45) is 0.349. The van der Waals surface area contributed by atoms with E-state index in [2.05, 4.69) is 0 Å². The SMILES string of the molecule is CCCN(CCC)S(=O)(=O)N1CC(O)C[C@@H]1C(=O)O. The number of aliphatic hydroxyl groups excluding tert-OH is 1. The zero-order valence-electron chi connectivity index (χ0n) is 11.3. The second-order valence-electron chi connectivity index (χ2n) is 4.72. The Hall–Kier alpha value is -0.700. The van der Waals surface area contributed by atoms with Crippen LogP contribution in [0.15, 0.2) is 0 Å². The van der Waals surface area contributed by atoms with E-state index < -0.39 is 28.3 Å². The Morgan fingerprint density at radius 1 is 1.32 bits per heavy atom. The summed E-state index contributed by atoms with van der Waals surface area (Å²) in [5, 5.41) is 18.6. The zero-order valence-corrected chi connectivity index (χ0v) is 12.1. The molecule has 8 heteroatoms. The predicted molar refractivity (Wildman–Crippen MR) is 69.8 cm³/mol. The van der Waals surface area contributed by atoms with Gasteiger partial charge in [0.2, 0.25) is 0 Å². The van der Waals surface area contributed by atoms with Crippen molar-refractivity contribution in [3.8, 4) is 0 Å². The average molecular weight is 294 g/mol. The van der Waals surface area contributed by atoms with Crippen molar-refractivity contribution in [3.63, 3.8) is 0 Å². The van der Waals surface area contributed by atoms with Crippen LogP contribution in [0.3, 0.4) is 0 Å². The highest BCUT2D eigenvalue weighted by atomic mass is 32.2. The van der Waals surface area contributed by atoms with Gasteiger partial charge in [0, 0.05) is 26.1 Å². The number of hydrogen-bond acceptors (Lipinski definition) is 4. The number of β-amino-alcohol motifs (C(OH)–C–C–N with tert-alkyl or cyclic N) is 1. The van der Waals surface area contributed by atoms with E-state index in [1.165, 1.54) is 4.31 Å². The van der Waals surface area contributed by atoms with Crippen LogP contribution >= 0.6 is 0 Å². The molecular weight excluding hydrogens is 272 g/mol. The van der Waals surface area contributed by atoms with Gasteiger partial charge in [0.25, 0.3) is 10.2 Å². The second-order valence-corrected chi connectivity index (χ2v) is 6.60. The van der Waals surface area contributed by atoms with Gasteiger partial charge in [-0.1, -0.05) is 13.8 Å². The number of nitrogens with zero attached hydrogens (tertiary/aromatic N) is 2. The van der Waals surface area contributed by atoms with Gasteiger partial charge < -0.3 is 10.2 Å². The van der Waals surface area contributed by atoms with E-state index in [1.54, 1.807) is 0 Å². The molecule has 0 saturated carbocycles. The molecule has 0 bridgehead atoms. The van der Waals surface area contributed by atoms with E-state index in [0.29, 0.717) is 25.9 Å². The summed E-state index contributed by atoms with van der Waals surface area (Å²) in [5.74, 6) is -1.21. The maximum Gasteiger partial charge on any atom is 0.322 e. The molecular formula is C11H22N2O5S. The standard InChI is InChI=1S/C11H22N2O5S/c1-3-5-12(6-4-2)19(17,18)13-8-9(14)7-10(13)11(15)16/h9-10,14H,3-8H2,1-2H3,(H,15,16)/t9?,10-/m1/s1. The fourth-order valence-corrected chi connectivity index (χ4v) is 4.23. The second kappa shape index (κ2) is 6.65. The lowest BCUT2D eigenvalue weighted by molar-refractivity contribution is -0.140. The van der Waals surface area contributed by atoms with Gasteiger partial charge in [-0.05, 0) is 12.8 Å². The first kappa shape index (κ1) is 16.4. The zero-order chi connectivity index (χ0) is 14.6. The van der Waals surface area contributed by atoms with Crippen LogP contribution in [0, 0.1) is 0 Å². The lowest BCUT2D eigenvalue weighted by Gasteiger charge is -2.28. The van der Waals surface area contributed by atoms with Crippen molar-refractivity contribution in [1.82, 2.24) is 8.61 Å². The summed E-state index contributed by atoms with van der Waals surface area (Å²) in [7, 11) is -3.83. The molecule has 0 spiro atoms. The van der Waals surface area contributed by atoms with Crippen LogP contribution in [0.25, 0.3) is 0 Å². The van der Waals surface area contributed by atoms with Crippen LogP contribution < -0.4 is 0 Å². The van der Waals surface area contributed by atoms with Crippen LogP contribution in [0.1, 0.15) is 33.1 Å². The molecule has 0 aromatic rings. The van der Waals surface area contributed by atoms with E-state index in [1.807, 2.05) is 13.8 Å². The highest BCUT2D eigenvalue weighted by Crippen LogP contribution is 2.24. The monoisotopic (exact) mass is 294 g/mol. The Morgan fingerprint density at radius 3 is 2.26 bits per heavy atom. The predicted octanol–water partition coefficient (Wildman–Crippen LogP) is -0.127. The highest BCUT2D eigenvalue weighted by molar-refractivity contribution is 7.86. The van der Waals surface area contributed by atoms with Crippen LogP contribution in [0.5, 0.6) is 0 Å². The summed E-state index contributed by atoms with van der Waals surface area (Å²) < 4.78 is 27.1. The van der Waals surface area contributed by atoms with Crippen molar-refractivity contribution >= 4 is 16.2 Å². The van der Waals surface area contributed by atoms with Crippen LogP contribution in [-0.4, -0.2) is 65.0 Å². The molecule has 1 aliphatic heterocycles. The van der Waals surface area contributed by atoms with Gasteiger partial charge in [-0.15, -0.1) is 0 Å². The van der Waals surface area contributed by atoms with Crippen molar-refractivity contribution in [2.45, 2.75) is 45.3 Å². The minimum Gasteiger partial charge on any atom is -0.480 e. The normalized spacial score (nSPS) is 25.1.